The van der Waals surface area contributed by atoms with Gasteiger partial charge in [-0.1, -0.05) is 30.3 Å². The predicted octanol–water partition coefficient (Wildman–Crippen LogP) is 2.96. The predicted molar refractivity (Wildman–Crippen MR) is 82.8 cm³/mol. The van der Waals surface area contributed by atoms with E-state index in [9.17, 15) is 4.79 Å². The van der Waals surface area contributed by atoms with E-state index in [4.69, 9.17) is 10.5 Å². The zero-order valence-corrected chi connectivity index (χ0v) is 12.8. The zero-order chi connectivity index (χ0) is 13.7. The summed E-state index contributed by atoms with van der Waals surface area (Å²) in [6.45, 7) is 0. The van der Waals surface area contributed by atoms with E-state index in [0.717, 1.165) is 32.1 Å². The Bertz CT molecular complexity index is 410. The highest BCUT2D eigenvalue weighted by Gasteiger charge is 2.34. The van der Waals surface area contributed by atoms with E-state index in [0.29, 0.717) is 5.92 Å². The van der Waals surface area contributed by atoms with Crippen molar-refractivity contribution in [3.63, 3.8) is 0 Å². The highest BCUT2D eigenvalue weighted by Crippen LogP contribution is 2.33. The first-order valence-corrected chi connectivity index (χ1v) is 7.08. The molecule has 0 unspecified atom stereocenters. The maximum atomic E-state index is 11.8. The average Bonchev–Trinajstić information content (AvgIpc) is 2.45. The number of hydrogen-bond donors (Lipinski definition) is 1. The fourth-order valence-corrected chi connectivity index (χ4v) is 3.08. The van der Waals surface area contributed by atoms with Gasteiger partial charge in [-0.05, 0) is 43.6 Å². The Morgan fingerprint density at radius 2 is 2.00 bits per heavy atom. The Morgan fingerprint density at radius 3 is 2.65 bits per heavy atom. The fraction of sp³-hybridized carbons (Fsp3) is 0.562. The van der Waals surface area contributed by atoms with E-state index in [2.05, 4.69) is 24.3 Å². The molecule has 1 aliphatic carbocycles. The van der Waals surface area contributed by atoms with Crippen LogP contribution in [0.3, 0.4) is 0 Å². The minimum atomic E-state index is -0.0649. The van der Waals surface area contributed by atoms with Crippen LogP contribution < -0.4 is 5.73 Å². The number of carbonyl (C=O) groups is 1. The summed E-state index contributed by atoms with van der Waals surface area (Å²) >= 11 is 0. The van der Waals surface area contributed by atoms with Gasteiger partial charge in [0.25, 0.3) is 0 Å². The van der Waals surface area contributed by atoms with Gasteiger partial charge in [0.05, 0.1) is 13.0 Å². The molecule has 112 valence electrons. The SMILES string of the molecule is COC(=O)[C@H]1CC[C@@H](N)C[C@H]1CCc1ccccc1.Cl. The van der Waals surface area contributed by atoms with Crippen LogP contribution in [0.5, 0.6) is 0 Å². The first kappa shape index (κ1) is 17.0. The van der Waals surface area contributed by atoms with Crippen LogP contribution in [0.2, 0.25) is 0 Å². The lowest BCUT2D eigenvalue weighted by Gasteiger charge is -2.33. The number of carbonyl (C=O) groups excluding carboxylic acids is 1. The van der Waals surface area contributed by atoms with E-state index < -0.39 is 0 Å². The van der Waals surface area contributed by atoms with Crippen molar-refractivity contribution in [3.8, 4) is 0 Å². The Hall–Kier alpha value is -1.06. The van der Waals surface area contributed by atoms with Crippen molar-refractivity contribution in [3.05, 3.63) is 35.9 Å². The summed E-state index contributed by atoms with van der Waals surface area (Å²) in [4.78, 5) is 11.8. The Labute approximate surface area is 127 Å². The molecule has 1 aliphatic rings. The van der Waals surface area contributed by atoms with Gasteiger partial charge in [-0.15, -0.1) is 12.4 Å². The minimum absolute atomic E-state index is 0. The molecule has 20 heavy (non-hydrogen) atoms. The molecule has 4 heteroatoms. The number of hydrogen-bond acceptors (Lipinski definition) is 3. The van der Waals surface area contributed by atoms with Crippen LogP contribution in [0.4, 0.5) is 0 Å². The summed E-state index contributed by atoms with van der Waals surface area (Å²) in [5.41, 5.74) is 7.37. The molecular weight excluding hydrogens is 274 g/mol. The van der Waals surface area contributed by atoms with E-state index in [1.807, 2.05) is 6.07 Å². The molecule has 1 aromatic carbocycles. The Kier molecular flexibility index (Phi) is 7.03. The molecule has 0 heterocycles. The molecular formula is C16H24ClNO2. The topological polar surface area (TPSA) is 52.3 Å². The zero-order valence-electron chi connectivity index (χ0n) is 12.0. The second kappa shape index (κ2) is 8.28. The molecule has 0 bridgehead atoms. The van der Waals surface area contributed by atoms with Gasteiger partial charge in [-0.3, -0.25) is 4.79 Å². The second-order valence-corrected chi connectivity index (χ2v) is 5.49. The number of rotatable bonds is 4. The number of halogens is 1. The highest BCUT2D eigenvalue weighted by atomic mass is 35.5. The van der Waals surface area contributed by atoms with E-state index in [-0.39, 0.29) is 30.3 Å². The van der Waals surface area contributed by atoms with Gasteiger partial charge in [-0.25, -0.2) is 0 Å². The molecule has 2 N–H and O–H groups in total. The molecule has 1 fully saturated rings. The molecule has 3 nitrogen and oxygen atoms in total. The number of nitrogens with two attached hydrogens (primary N) is 1. The summed E-state index contributed by atoms with van der Waals surface area (Å²) in [6, 6.07) is 10.6. The fourth-order valence-electron chi connectivity index (χ4n) is 3.08. The second-order valence-electron chi connectivity index (χ2n) is 5.49. The summed E-state index contributed by atoms with van der Waals surface area (Å²) in [5.74, 6) is 0.329. The normalized spacial score (nSPS) is 25.6. The van der Waals surface area contributed by atoms with Crippen LogP contribution in [0.15, 0.2) is 30.3 Å². The molecule has 1 saturated carbocycles. The maximum Gasteiger partial charge on any atom is 0.308 e. The molecule has 0 spiro atoms. The van der Waals surface area contributed by atoms with Crippen LogP contribution in [-0.2, 0) is 16.0 Å². The first-order valence-electron chi connectivity index (χ1n) is 7.08. The summed E-state index contributed by atoms with van der Waals surface area (Å²) in [7, 11) is 1.48. The van der Waals surface area contributed by atoms with Gasteiger partial charge in [0, 0.05) is 6.04 Å². The Balaban J connectivity index is 0.00000200. The lowest BCUT2D eigenvalue weighted by molar-refractivity contribution is -0.148. The largest absolute Gasteiger partial charge is 0.469 e. The van der Waals surface area contributed by atoms with Crippen LogP contribution >= 0.6 is 12.4 Å². The standard InChI is InChI=1S/C16H23NO2.ClH/c1-19-16(18)15-10-9-14(17)11-13(15)8-7-12-5-3-2-4-6-12;/h2-6,13-15H,7-11,17H2,1H3;1H/t13-,14-,15+;/m1./s1. The van der Waals surface area contributed by atoms with Crippen molar-refractivity contribution >= 4 is 18.4 Å². The van der Waals surface area contributed by atoms with Crippen molar-refractivity contribution in [1.29, 1.82) is 0 Å². The van der Waals surface area contributed by atoms with Gasteiger partial charge in [-0.2, -0.15) is 0 Å². The van der Waals surface area contributed by atoms with Gasteiger partial charge in [0.15, 0.2) is 0 Å². The lowest BCUT2D eigenvalue weighted by Crippen LogP contribution is -2.37. The van der Waals surface area contributed by atoms with Crippen LogP contribution in [0.1, 0.15) is 31.2 Å². The third-order valence-electron chi connectivity index (χ3n) is 4.17. The first-order chi connectivity index (χ1) is 9.20. The monoisotopic (exact) mass is 297 g/mol. The molecule has 0 saturated heterocycles. The lowest BCUT2D eigenvalue weighted by atomic mass is 9.74. The summed E-state index contributed by atoms with van der Waals surface area (Å²) < 4.78 is 4.93. The minimum Gasteiger partial charge on any atom is -0.469 e. The number of methoxy groups -OCH3 is 1. The molecule has 2 rings (SSSR count). The molecule has 0 aromatic heterocycles. The third-order valence-corrected chi connectivity index (χ3v) is 4.17. The van der Waals surface area contributed by atoms with Crippen molar-refractivity contribution in [2.45, 2.75) is 38.1 Å². The van der Waals surface area contributed by atoms with Gasteiger partial charge >= 0.3 is 5.97 Å². The van der Waals surface area contributed by atoms with Crippen LogP contribution in [0.25, 0.3) is 0 Å². The molecule has 0 amide bonds. The van der Waals surface area contributed by atoms with Gasteiger partial charge < -0.3 is 10.5 Å². The average molecular weight is 298 g/mol. The van der Waals surface area contributed by atoms with E-state index >= 15 is 0 Å². The van der Waals surface area contributed by atoms with Crippen molar-refractivity contribution in [2.75, 3.05) is 7.11 Å². The Morgan fingerprint density at radius 1 is 1.30 bits per heavy atom. The number of ether oxygens (including phenoxy) is 1. The number of aryl methyl sites for hydroxylation is 1. The number of esters is 1. The quantitative estimate of drug-likeness (QED) is 0.869. The van der Waals surface area contributed by atoms with Crippen LogP contribution in [-0.4, -0.2) is 19.1 Å². The number of benzene rings is 1. The van der Waals surface area contributed by atoms with Crippen molar-refractivity contribution < 1.29 is 9.53 Å². The molecule has 1 aromatic rings. The van der Waals surface area contributed by atoms with Crippen molar-refractivity contribution in [2.24, 2.45) is 17.6 Å². The van der Waals surface area contributed by atoms with Crippen molar-refractivity contribution in [1.82, 2.24) is 0 Å². The third kappa shape index (κ3) is 4.50. The van der Waals surface area contributed by atoms with E-state index in [1.54, 1.807) is 0 Å². The molecule has 0 aliphatic heterocycles. The molecule has 3 atom stereocenters. The molecule has 0 radical (unpaired) electrons. The highest BCUT2D eigenvalue weighted by molar-refractivity contribution is 5.85. The van der Waals surface area contributed by atoms with Gasteiger partial charge in [0.2, 0.25) is 0 Å². The van der Waals surface area contributed by atoms with Crippen LogP contribution in [0, 0.1) is 11.8 Å². The summed E-state index contributed by atoms with van der Waals surface area (Å²) in [5, 5.41) is 0. The van der Waals surface area contributed by atoms with Gasteiger partial charge in [0.1, 0.15) is 0 Å². The van der Waals surface area contributed by atoms with E-state index in [1.165, 1.54) is 12.7 Å². The summed E-state index contributed by atoms with van der Waals surface area (Å²) in [6.07, 6.45) is 4.75. The smallest absolute Gasteiger partial charge is 0.308 e. The maximum absolute atomic E-state index is 11.8.